The molecule has 1 heterocycles. The van der Waals surface area contributed by atoms with Crippen molar-refractivity contribution in [1.82, 2.24) is 9.88 Å². The lowest BCUT2D eigenvalue weighted by atomic mass is 9.90. The van der Waals surface area contributed by atoms with Gasteiger partial charge in [-0.1, -0.05) is 72.8 Å². The highest BCUT2D eigenvalue weighted by atomic mass is 16.5. The molecule has 35 heavy (non-hydrogen) atoms. The molecule has 3 aromatic carbocycles. The average Bonchev–Trinajstić information content (AvgIpc) is 2.91. The summed E-state index contributed by atoms with van der Waals surface area (Å²) >= 11 is 0. The van der Waals surface area contributed by atoms with E-state index in [4.69, 9.17) is 10.5 Å². The van der Waals surface area contributed by atoms with Gasteiger partial charge in [0.2, 0.25) is 5.91 Å². The Morgan fingerprint density at radius 3 is 2.23 bits per heavy atom. The average molecular weight is 466 g/mol. The molecule has 0 atom stereocenters. The fraction of sp³-hybridized carbons (Fsp3) is 0.200. The van der Waals surface area contributed by atoms with Crippen LogP contribution >= 0.6 is 0 Å². The number of carbonyl (C=O) groups excluding carboxylic acids is 1. The van der Waals surface area contributed by atoms with E-state index in [-0.39, 0.29) is 5.92 Å². The Kier molecular flexibility index (Phi) is 8.63. The molecule has 4 rings (SSSR count). The molecule has 4 aromatic rings. The number of nitrogens with zero attached hydrogens (tertiary/aromatic N) is 2. The molecule has 1 amide bonds. The fourth-order valence-corrected chi connectivity index (χ4v) is 4.23. The zero-order chi connectivity index (χ0) is 24.3. The van der Waals surface area contributed by atoms with Gasteiger partial charge in [0, 0.05) is 43.5 Å². The highest BCUT2D eigenvalue weighted by Crippen LogP contribution is 2.26. The summed E-state index contributed by atoms with van der Waals surface area (Å²) in [4.78, 5) is 18.2. The predicted molar refractivity (Wildman–Crippen MR) is 139 cm³/mol. The number of hydrogen-bond donors (Lipinski definition) is 1. The van der Waals surface area contributed by atoms with Gasteiger partial charge >= 0.3 is 0 Å². The third-order valence-electron chi connectivity index (χ3n) is 5.98. The van der Waals surface area contributed by atoms with E-state index in [1.165, 1.54) is 16.7 Å². The molecule has 0 unspecified atom stereocenters. The van der Waals surface area contributed by atoms with Crippen LogP contribution in [0.5, 0.6) is 5.75 Å². The number of hydrogen-bond acceptors (Lipinski definition) is 4. The van der Waals surface area contributed by atoms with Crippen molar-refractivity contribution in [2.75, 3.05) is 19.7 Å². The first-order valence-electron chi connectivity index (χ1n) is 11.9. The minimum atomic E-state index is -0.453. The molecule has 0 saturated carbocycles. The second-order valence-electron chi connectivity index (χ2n) is 8.56. The predicted octanol–water partition coefficient (Wildman–Crippen LogP) is 5.28. The summed E-state index contributed by atoms with van der Waals surface area (Å²) in [5.74, 6) is 0.458. The van der Waals surface area contributed by atoms with Gasteiger partial charge in [0.25, 0.3) is 0 Å². The van der Waals surface area contributed by atoms with E-state index in [9.17, 15) is 4.79 Å². The minimum Gasteiger partial charge on any atom is -0.494 e. The van der Waals surface area contributed by atoms with Crippen molar-refractivity contribution in [2.24, 2.45) is 5.73 Å². The normalized spacial score (nSPS) is 11.0. The van der Waals surface area contributed by atoms with E-state index < -0.39 is 5.91 Å². The van der Waals surface area contributed by atoms with Gasteiger partial charge in [-0.3, -0.25) is 14.7 Å². The molecule has 5 nitrogen and oxygen atoms in total. The summed E-state index contributed by atoms with van der Waals surface area (Å²) in [5, 5.41) is 0. The van der Waals surface area contributed by atoms with Crippen molar-refractivity contribution >= 4 is 5.91 Å². The van der Waals surface area contributed by atoms with E-state index in [0.717, 1.165) is 26.1 Å². The molecule has 0 bridgehead atoms. The van der Waals surface area contributed by atoms with Gasteiger partial charge in [-0.25, -0.2) is 0 Å². The second-order valence-corrected chi connectivity index (χ2v) is 8.56. The smallest absolute Gasteiger partial charge is 0.248 e. The maximum atomic E-state index is 11.4. The maximum Gasteiger partial charge on any atom is 0.248 e. The van der Waals surface area contributed by atoms with Crippen molar-refractivity contribution in [3.05, 3.63) is 132 Å². The third kappa shape index (κ3) is 7.26. The monoisotopic (exact) mass is 465 g/mol. The Bertz CT molecular complexity index is 1140. The van der Waals surface area contributed by atoms with Crippen molar-refractivity contribution in [3.8, 4) is 5.75 Å². The van der Waals surface area contributed by atoms with Crippen LogP contribution in [0.1, 0.15) is 39.4 Å². The van der Waals surface area contributed by atoms with E-state index >= 15 is 0 Å². The maximum absolute atomic E-state index is 11.4. The van der Waals surface area contributed by atoms with Crippen LogP contribution in [0, 0.1) is 0 Å². The van der Waals surface area contributed by atoms with E-state index in [1.54, 1.807) is 24.4 Å². The Balaban J connectivity index is 1.46. The van der Waals surface area contributed by atoms with Crippen LogP contribution in [0.25, 0.3) is 0 Å². The topological polar surface area (TPSA) is 68.5 Å². The van der Waals surface area contributed by atoms with Gasteiger partial charge < -0.3 is 10.5 Å². The lowest BCUT2D eigenvalue weighted by Crippen LogP contribution is -2.30. The summed E-state index contributed by atoms with van der Waals surface area (Å²) in [6, 6.07) is 32.5. The lowest BCUT2D eigenvalue weighted by Gasteiger charge is -2.28. The van der Waals surface area contributed by atoms with Crippen molar-refractivity contribution in [1.29, 1.82) is 0 Å². The van der Waals surface area contributed by atoms with Crippen molar-refractivity contribution in [2.45, 2.75) is 18.9 Å². The van der Waals surface area contributed by atoms with Crippen LogP contribution in [-0.4, -0.2) is 35.5 Å². The first-order valence-corrected chi connectivity index (χ1v) is 11.9. The molecule has 178 valence electrons. The summed E-state index contributed by atoms with van der Waals surface area (Å²) in [6.07, 6.45) is 4.58. The zero-order valence-corrected chi connectivity index (χ0v) is 19.8. The molecular weight excluding hydrogens is 434 g/mol. The van der Waals surface area contributed by atoms with Gasteiger partial charge in [0.1, 0.15) is 5.75 Å². The van der Waals surface area contributed by atoms with Crippen molar-refractivity contribution < 1.29 is 9.53 Å². The molecule has 0 radical (unpaired) electrons. The molecule has 0 aliphatic carbocycles. The van der Waals surface area contributed by atoms with Gasteiger partial charge in [0.05, 0.1) is 6.61 Å². The van der Waals surface area contributed by atoms with E-state index in [1.807, 2.05) is 18.3 Å². The molecule has 0 saturated heterocycles. The molecular formula is C30H31N3O2. The number of primary amides is 1. The number of pyridine rings is 1. The third-order valence-corrected chi connectivity index (χ3v) is 5.98. The molecule has 0 fully saturated rings. The molecule has 0 aliphatic rings. The highest BCUT2D eigenvalue weighted by Gasteiger charge is 2.18. The van der Waals surface area contributed by atoms with Crippen LogP contribution in [0.2, 0.25) is 0 Å². The standard InChI is InChI=1S/C30H31N3O2/c31-30(34)27-15-7-16-28(20-27)35-19-9-18-33(22-24-10-8-17-32-21-24)23-29(25-11-3-1-4-12-25)26-13-5-2-6-14-26/h1-8,10-17,20-21,29H,9,18-19,22-23H2,(H2,31,34). The van der Waals surface area contributed by atoms with Gasteiger partial charge in [0.15, 0.2) is 0 Å². The van der Waals surface area contributed by atoms with Crippen LogP contribution in [0.3, 0.4) is 0 Å². The number of aromatic nitrogens is 1. The quantitative estimate of drug-likeness (QED) is 0.289. The SMILES string of the molecule is NC(=O)c1cccc(OCCCN(Cc2cccnc2)CC(c2ccccc2)c2ccccc2)c1. The molecule has 0 aliphatic heterocycles. The minimum absolute atomic E-state index is 0.252. The first kappa shape index (κ1) is 24.2. The fourth-order valence-electron chi connectivity index (χ4n) is 4.23. The van der Waals surface area contributed by atoms with Crippen LogP contribution in [0.15, 0.2) is 109 Å². The Morgan fingerprint density at radius 2 is 1.60 bits per heavy atom. The van der Waals surface area contributed by atoms with E-state index in [2.05, 4.69) is 76.6 Å². The number of ether oxygens (including phenoxy) is 1. The summed E-state index contributed by atoms with van der Waals surface area (Å²) in [6.45, 7) is 3.09. The highest BCUT2D eigenvalue weighted by molar-refractivity contribution is 5.93. The number of carbonyl (C=O) groups is 1. The Morgan fingerprint density at radius 1 is 0.886 bits per heavy atom. The molecule has 5 heteroatoms. The van der Waals surface area contributed by atoms with Crippen LogP contribution in [-0.2, 0) is 6.54 Å². The second kappa shape index (κ2) is 12.5. The van der Waals surface area contributed by atoms with Crippen LogP contribution in [0.4, 0.5) is 0 Å². The van der Waals surface area contributed by atoms with Crippen molar-refractivity contribution in [3.63, 3.8) is 0 Å². The number of benzene rings is 3. The Hall–Kier alpha value is -3.96. The van der Waals surface area contributed by atoms with Crippen LogP contribution < -0.4 is 10.5 Å². The summed E-state index contributed by atoms with van der Waals surface area (Å²) in [7, 11) is 0. The van der Waals surface area contributed by atoms with Gasteiger partial charge in [-0.2, -0.15) is 0 Å². The van der Waals surface area contributed by atoms with Gasteiger partial charge in [-0.05, 0) is 47.4 Å². The number of amides is 1. The number of rotatable bonds is 12. The Labute approximate surface area is 207 Å². The zero-order valence-electron chi connectivity index (χ0n) is 19.8. The number of nitrogens with two attached hydrogens (primary N) is 1. The largest absolute Gasteiger partial charge is 0.494 e. The first-order chi connectivity index (χ1) is 17.2. The van der Waals surface area contributed by atoms with E-state index in [0.29, 0.717) is 17.9 Å². The summed E-state index contributed by atoms with van der Waals surface area (Å²) in [5.41, 5.74) is 9.62. The van der Waals surface area contributed by atoms with Gasteiger partial charge in [-0.15, -0.1) is 0 Å². The summed E-state index contributed by atoms with van der Waals surface area (Å²) < 4.78 is 5.92. The molecule has 2 N–H and O–H groups in total. The molecule has 0 spiro atoms. The lowest BCUT2D eigenvalue weighted by molar-refractivity contribution is 0.1000. The molecule has 1 aromatic heterocycles.